The van der Waals surface area contributed by atoms with Crippen molar-refractivity contribution in [3.05, 3.63) is 51.8 Å². The number of non-ortho nitro benzene ring substituents is 1. The molecule has 5 heteroatoms. The van der Waals surface area contributed by atoms with E-state index in [0.717, 1.165) is 35.9 Å². The molecule has 1 aromatic heterocycles. The second-order valence-electron chi connectivity index (χ2n) is 6.83. The van der Waals surface area contributed by atoms with E-state index in [1.165, 1.54) is 37.0 Å². The number of aromatic nitrogens is 2. The van der Waals surface area contributed by atoms with Crippen LogP contribution in [0.1, 0.15) is 44.4 Å². The van der Waals surface area contributed by atoms with E-state index in [4.69, 9.17) is 4.98 Å². The summed E-state index contributed by atoms with van der Waals surface area (Å²) in [6.45, 7) is 4.57. The number of hydrogen-bond donors (Lipinski definition) is 0. The van der Waals surface area contributed by atoms with Gasteiger partial charge in [0.15, 0.2) is 5.82 Å². The summed E-state index contributed by atoms with van der Waals surface area (Å²) in [5.74, 6) is 2.17. The van der Waals surface area contributed by atoms with Gasteiger partial charge < -0.3 is 0 Å². The van der Waals surface area contributed by atoms with Crippen LogP contribution in [0, 0.1) is 22.0 Å². The van der Waals surface area contributed by atoms with Crippen LogP contribution in [0.2, 0.25) is 0 Å². The Morgan fingerprint density at radius 2 is 2.08 bits per heavy atom. The van der Waals surface area contributed by atoms with Crippen LogP contribution < -0.4 is 0 Å². The first-order valence-corrected chi connectivity index (χ1v) is 8.66. The van der Waals surface area contributed by atoms with Gasteiger partial charge in [0.25, 0.3) is 5.69 Å². The van der Waals surface area contributed by atoms with Crippen LogP contribution in [0.5, 0.6) is 0 Å². The molecule has 2 atom stereocenters. The topological polar surface area (TPSA) is 68.9 Å². The van der Waals surface area contributed by atoms with Gasteiger partial charge in [0, 0.05) is 29.6 Å². The lowest BCUT2D eigenvalue weighted by Crippen LogP contribution is -2.18. The quantitative estimate of drug-likeness (QED) is 0.595. The molecule has 0 saturated heterocycles. The second-order valence-corrected chi connectivity index (χ2v) is 6.83. The lowest BCUT2D eigenvalue weighted by atomic mass is 9.81. The Morgan fingerprint density at radius 1 is 1.33 bits per heavy atom. The molecule has 0 aliphatic heterocycles. The Hall–Kier alpha value is -2.30. The molecule has 0 fully saturated rings. The summed E-state index contributed by atoms with van der Waals surface area (Å²) in [5, 5.41) is 10.7. The summed E-state index contributed by atoms with van der Waals surface area (Å²) < 4.78 is 0. The summed E-state index contributed by atoms with van der Waals surface area (Å²) in [6.07, 6.45) is 7.72. The summed E-state index contributed by atoms with van der Waals surface area (Å²) in [7, 11) is 0. The predicted molar refractivity (Wildman–Crippen MR) is 93.7 cm³/mol. The van der Waals surface area contributed by atoms with Gasteiger partial charge in [-0.15, -0.1) is 0 Å². The number of benzene rings is 1. The third-order valence-electron chi connectivity index (χ3n) is 5.02. The monoisotopic (exact) mass is 325 g/mol. The fourth-order valence-electron chi connectivity index (χ4n) is 3.39. The van der Waals surface area contributed by atoms with Crippen molar-refractivity contribution in [1.29, 1.82) is 0 Å². The summed E-state index contributed by atoms with van der Waals surface area (Å²) >= 11 is 0. The van der Waals surface area contributed by atoms with Crippen molar-refractivity contribution in [3.63, 3.8) is 0 Å². The zero-order chi connectivity index (χ0) is 17.1. The molecule has 1 aromatic carbocycles. The molecule has 126 valence electrons. The van der Waals surface area contributed by atoms with Crippen LogP contribution in [0.4, 0.5) is 5.69 Å². The minimum Gasteiger partial charge on any atom is -0.258 e. The van der Waals surface area contributed by atoms with Crippen molar-refractivity contribution in [1.82, 2.24) is 9.97 Å². The predicted octanol–water partition coefficient (Wildman–Crippen LogP) is 4.59. The molecular weight excluding hydrogens is 302 g/mol. The van der Waals surface area contributed by atoms with Crippen LogP contribution in [-0.2, 0) is 12.8 Å². The van der Waals surface area contributed by atoms with E-state index in [9.17, 15) is 10.1 Å². The lowest BCUT2D eigenvalue weighted by molar-refractivity contribution is -0.384. The van der Waals surface area contributed by atoms with Gasteiger partial charge in [0.1, 0.15) is 0 Å². The van der Waals surface area contributed by atoms with Crippen molar-refractivity contribution >= 4 is 5.69 Å². The third-order valence-corrected chi connectivity index (χ3v) is 5.02. The van der Waals surface area contributed by atoms with Crippen LogP contribution in [-0.4, -0.2) is 14.9 Å². The maximum absolute atomic E-state index is 10.7. The highest BCUT2D eigenvalue weighted by Crippen LogP contribution is 2.30. The molecule has 24 heavy (non-hydrogen) atoms. The molecule has 3 rings (SSSR count). The van der Waals surface area contributed by atoms with Gasteiger partial charge in [-0.3, -0.25) is 10.1 Å². The standard InChI is InChI=1S/C19H23N3O2/c1-3-13(2)10-14-4-9-18-16(11-14)12-20-19(21-18)15-5-7-17(8-6-15)22(23)24/h5-8,12-14H,3-4,9-11H2,1-2H3. The van der Waals surface area contributed by atoms with E-state index in [2.05, 4.69) is 18.8 Å². The molecule has 0 amide bonds. The van der Waals surface area contributed by atoms with Crippen molar-refractivity contribution in [3.8, 4) is 11.4 Å². The van der Waals surface area contributed by atoms with Gasteiger partial charge in [0.05, 0.1) is 4.92 Å². The van der Waals surface area contributed by atoms with E-state index < -0.39 is 4.92 Å². The Labute approximate surface area is 142 Å². The molecule has 0 saturated carbocycles. The Morgan fingerprint density at radius 3 is 2.75 bits per heavy atom. The van der Waals surface area contributed by atoms with Crippen LogP contribution in [0.15, 0.2) is 30.5 Å². The van der Waals surface area contributed by atoms with Gasteiger partial charge in [0.2, 0.25) is 0 Å². The maximum atomic E-state index is 10.7. The van der Waals surface area contributed by atoms with Crippen molar-refractivity contribution in [2.45, 2.75) is 46.0 Å². The molecule has 2 aromatic rings. The van der Waals surface area contributed by atoms with Crippen LogP contribution in [0.3, 0.4) is 0 Å². The molecule has 1 aliphatic rings. The molecule has 0 bridgehead atoms. The summed E-state index contributed by atoms with van der Waals surface area (Å²) in [5.41, 5.74) is 3.31. The summed E-state index contributed by atoms with van der Waals surface area (Å²) in [6, 6.07) is 6.43. The molecule has 0 spiro atoms. The number of nitrogens with zero attached hydrogens (tertiary/aromatic N) is 3. The highest BCUT2D eigenvalue weighted by Gasteiger charge is 2.22. The first-order valence-electron chi connectivity index (χ1n) is 8.66. The number of fused-ring (bicyclic) bond motifs is 1. The first kappa shape index (κ1) is 16.6. The largest absolute Gasteiger partial charge is 0.269 e. The first-order chi connectivity index (χ1) is 11.6. The highest BCUT2D eigenvalue weighted by atomic mass is 16.6. The third kappa shape index (κ3) is 3.61. The number of rotatable bonds is 5. The molecular formula is C19H23N3O2. The van der Waals surface area contributed by atoms with Gasteiger partial charge in [-0.05, 0) is 55.2 Å². The van der Waals surface area contributed by atoms with Gasteiger partial charge >= 0.3 is 0 Å². The van der Waals surface area contributed by atoms with E-state index in [0.29, 0.717) is 5.82 Å². The van der Waals surface area contributed by atoms with E-state index in [-0.39, 0.29) is 5.69 Å². The number of nitro groups is 1. The normalized spacial score (nSPS) is 18.0. The highest BCUT2D eigenvalue weighted by molar-refractivity contribution is 5.57. The smallest absolute Gasteiger partial charge is 0.258 e. The number of nitro benzene ring substituents is 1. The molecule has 2 unspecified atom stereocenters. The minimum atomic E-state index is -0.394. The van der Waals surface area contributed by atoms with Crippen molar-refractivity contribution < 1.29 is 4.92 Å². The van der Waals surface area contributed by atoms with Crippen LogP contribution in [0.25, 0.3) is 11.4 Å². The fourth-order valence-corrected chi connectivity index (χ4v) is 3.39. The van der Waals surface area contributed by atoms with Gasteiger partial charge in [-0.2, -0.15) is 0 Å². The Bertz CT molecular complexity index is 728. The van der Waals surface area contributed by atoms with Crippen molar-refractivity contribution in [2.75, 3.05) is 0 Å². The minimum absolute atomic E-state index is 0.0876. The maximum Gasteiger partial charge on any atom is 0.269 e. The Kier molecular flexibility index (Phi) is 4.88. The fraction of sp³-hybridized carbons (Fsp3) is 0.474. The number of aryl methyl sites for hydroxylation is 1. The average Bonchev–Trinajstić information content (AvgIpc) is 2.61. The molecule has 5 nitrogen and oxygen atoms in total. The zero-order valence-electron chi connectivity index (χ0n) is 14.2. The van der Waals surface area contributed by atoms with Crippen molar-refractivity contribution in [2.24, 2.45) is 11.8 Å². The van der Waals surface area contributed by atoms with Crippen LogP contribution >= 0.6 is 0 Å². The Balaban J connectivity index is 1.76. The van der Waals surface area contributed by atoms with E-state index in [1.807, 2.05) is 6.20 Å². The molecule has 1 aliphatic carbocycles. The summed E-state index contributed by atoms with van der Waals surface area (Å²) in [4.78, 5) is 19.5. The number of hydrogen-bond acceptors (Lipinski definition) is 4. The molecule has 1 heterocycles. The lowest BCUT2D eigenvalue weighted by Gasteiger charge is -2.26. The van der Waals surface area contributed by atoms with Gasteiger partial charge in [-0.1, -0.05) is 20.3 Å². The van der Waals surface area contributed by atoms with E-state index >= 15 is 0 Å². The van der Waals surface area contributed by atoms with Gasteiger partial charge in [-0.25, -0.2) is 9.97 Å². The zero-order valence-corrected chi connectivity index (χ0v) is 14.2. The SMILES string of the molecule is CCC(C)CC1CCc2nc(-c3ccc([N+](=O)[O-])cc3)ncc2C1. The molecule has 0 radical (unpaired) electrons. The van der Waals surface area contributed by atoms with E-state index in [1.54, 1.807) is 12.1 Å². The average molecular weight is 325 g/mol. The second kappa shape index (κ2) is 7.07. The molecule has 0 N–H and O–H groups in total.